The zero-order valence-electron chi connectivity index (χ0n) is 14.1. The Morgan fingerprint density at radius 3 is 2.60 bits per heavy atom. The van der Waals surface area contributed by atoms with Crippen LogP contribution in [0.2, 0.25) is 0 Å². The van der Waals surface area contributed by atoms with Crippen LogP contribution < -0.4 is 15.2 Å². The fourth-order valence-electron chi connectivity index (χ4n) is 2.80. The van der Waals surface area contributed by atoms with E-state index in [1.54, 1.807) is 19.1 Å². The van der Waals surface area contributed by atoms with E-state index < -0.39 is 20.0 Å². The lowest BCUT2D eigenvalue weighted by atomic mass is 10.1. The van der Waals surface area contributed by atoms with Gasteiger partial charge in [0, 0.05) is 17.5 Å². The average Bonchev–Trinajstić information content (AvgIpc) is 3.16. The number of nitrogens with two attached hydrogens (primary N) is 1. The summed E-state index contributed by atoms with van der Waals surface area (Å²) in [5, 5.41) is 0. The van der Waals surface area contributed by atoms with Gasteiger partial charge in [0.15, 0.2) is 0 Å². The van der Waals surface area contributed by atoms with E-state index in [0.717, 1.165) is 24.1 Å². The monoisotopic (exact) mass is 431 g/mol. The molecule has 2 unspecified atom stereocenters. The van der Waals surface area contributed by atoms with Crippen molar-refractivity contribution in [2.75, 3.05) is 18.8 Å². The SMILES string of the molecule is CCS(=O)(=O)NCCc1ccc(S(=O)(=O)NC2CCCC2CN)s1.Cl. The van der Waals surface area contributed by atoms with Crippen LogP contribution in [-0.4, -0.2) is 41.7 Å². The number of nitrogens with one attached hydrogen (secondary N) is 2. The Labute approximate surface area is 160 Å². The van der Waals surface area contributed by atoms with Crippen molar-refractivity contribution in [2.45, 2.75) is 42.9 Å². The van der Waals surface area contributed by atoms with Crippen LogP contribution in [-0.2, 0) is 26.5 Å². The van der Waals surface area contributed by atoms with E-state index in [-0.39, 0.29) is 40.9 Å². The molecule has 1 saturated carbocycles. The molecule has 1 aliphatic carbocycles. The Bertz CT molecular complexity index is 749. The highest BCUT2D eigenvalue weighted by molar-refractivity contribution is 7.91. The zero-order valence-corrected chi connectivity index (χ0v) is 17.4. The summed E-state index contributed by atoms with van der Waals surface area (Å²) in [6, 6.07) is 3.21. The lowest BCUT2D eigenvalue weighted by molar-refractivity contribution is 0.453. The van der Waals surface area contributed by atoms with Crippen LogP contribution in [0, 0.1) is 5.92 Å². The van der Waals surface area contributed by atoms with Crippen LogP contribution in [0.15, 0.2) is 16.3 Å². The van der Waals surface area contributed by atoms with Gasteiger partial charge in [-0.15, -0.1) is 23.7 Å². The van der Waals surface area contributed by atoms with Gasteiger partial charge in [-0.3, -0.25) is 0 Å². The van der Waals surface area contributed by atoms with Gasteiger partial charge in [0.2, 0.25) is 20.0 Å². The molecular formula is C14H26ClN3O4S3. The summed E-state index contributed by atoms with van der Waals surface area (Å²) < 4.78 is 53.3. The van der Waals surface area contributed by atoms with Crippen molar-refractivity contribution in [3.05, 3.63) is 17.0 Å². The molecule has 4 N–H and O–H groups in total. The molecule has 0 spiro atoms. The lowest BCUT2D eigenvalue weighted by Crippen LogP contribution is -2.39. The average molecular weight is 432 g/mol. The topological polar surface area (TPSA) is 118 Å². The Morgan fingerprint density at radius 2 is 1.96 bits per heavy atom. The van der Waals surface area contributed by atoms with Crippen LogP contribution in [0.3, 0.4) is 0 Å². The van der Waals surface area contributed by atoms with Crippen molar-refractivity contribution < 1.29 is 16.8 Å². The van der Waals surface area contributed by atoms with Crippen LogP contribution in [0.5, 0.6) is 0 Å². The van der Waals surface area contributed by atoms with Gasteiger partial charge in [-0.1, -0.05) is 6.42 Å². The van der Waals surface area contributed by atoms with Crippen molar-refractivity contribution >= 4 is 43.8 Å². The summed E-state index contributed by atoms with van der Waals surface area (Å²) in [4.78, 5) is 0.830. The molecule has 0 aliphatic heterocycles. The van der Waals surface area contributed by atoms with Crippen molar-refractivity contribution in [3.63, 3.8) is 0 Å². The third kappa shape index (κ3) is 6.46. The van der Waals surface area contributed by atoms with E-state index in [2.05, 4.69) is 9.44 Å². The molecule has 1 fully saturated rings. The van der Waals surface area contributed by atoms with Crippen LogP contribution in [0.4, 0.5) is 0 Å². The van der Waals surface area contributed by atoms with Crippen LogP contribution in [0.25, 0.3) is 0 Å². The second-order valence-electron chi connectivity index (χ2n) is 5.92. The smallest absolute Gasteiger partial charge is 0.250 e. The van der Waals surface area contributed by atoms with Crippen molar-refractivity contribution in [1.82, 2.24) is 9.44 Å². The van der Waals surface area contributed by atoms with Gasteiger partial charge in [0.25, 0.3) is 0 Å². The molecule has 25 heavy (non-hydrogen) atoms. The maximum atomic E-state index is 12.5. The molecule has 0 aromatic carbocycles. The fraction of sp³-hybridized carbons (Fsp3) is 0.714. The molecule has 11 heteroatoms. The minimum atomic E-state index is -3.55. The highest BCUT2D eigenvalue weighted by atomic mass is 35.5. The molecule has 0 bridgehead atoms. The third-order valence-electron chi connectivity index (χ3n) is 4.24. The molecule has 0 radical (unpaired) electrons. The normalized spacial score (nSPS) is 21.2. The van der Waals surface area contributed by atoms with E-state index in [0.29, 0.717) is 13.0 Å². The molecule has 1 heterocycles. The molecule has 1 aliphatic rings. The summed E-state index contributed by atoms with van der Waals surface area (Å²) in [7, 11) is -6.77. The van der Waals surface area contributed by atoms with Gasteiger partial charge >= 0.3 is 0 Å². The van der Waals surface area contributed by atoms with Gasteiger partial charge in [-0.25, -0.2) is 26.3 Å². The minimum Gasteiger partial charge on any atom is -0.330 e. The third-order valence-corrected chi connectivity index (χ3v) is 8.77. The Kier molecular flexibility index (Phi) is 8.79. The summed E-state index contributed by atoms with van der Waals surface area (Å²) in [5.74, 6) is 0.229. The second kappa shape index (κ2) is 9.63. The number of halogens is 1. The first-order valence-electron chi connectivity index (χ1n) is 8.06. The highest BCUT2D eigenvalue weighted by Crippen LogP contribution is 2.28. The summed E-state index contributed by atoms with van der Waals surface area (Å²) >= 11 is 1.17. The van der Waals surface area contributed by atoms with Crippen molar-refractivity contribution in [1.29, 1.82) is 0 Å². The van der Waals surface area contributed by atoms with Crippen molar-refractivity contribution in [2.24, 2.45) is 11.7 Å². The number of hydrogen-bond acceptors (Lipinski definition) is 6. The molecule has 2 rings (SSSR count). The predicted octanol–water partition coefficient (Wildman–Crippen LogP) is 1.06. The van der Waals surface area contributed by atoms with E-state index >= 15 is 0 Å². The zero-order chi connectivity index (χ0) is 17.8. The van der Waals surface area contributed by atoms with Gasteiger partial charge in [-0.05, 0) is 50.8 Å². The molecular weight excluding hydrogens is 406 g/mol. The van der Waals surface area contributed by atoms with Gasteiger partial charge in [-0.2, -0.15) is 0 Å². The first-order chi connectivity index (χ1) is 11.3. The maximum Gasteiger partial charge on any atom is 0.250 e. The minimum absolute atomic E-state index is 0. The van der Waals surface area contributed by atoms with Gasteiger partial charge < -0.3 is 5.73 Å². The Balaban J connectivity index is 0.00000312. The summed E-state index contributed by atoms with van der Waals surface area (Å²) in [6.45, 7) is 2.32. The molecule has 1 aromatic rings. The van der Waals surface area contributed by atoms with Gasteiger partial charge in [0.1, 0.15) is 4.21 Å². The standard InChI is InChI=1S/C14H25N3O4S3.ClH/c1-2-23(18,19)16-9-8-12-6-7-14(22-12)24(20,21)17-13-5-3-4-11(13)10-15;/h6-7,11,13,16-17H,2-5,8-10,15H2,1H3;1H. The number of hydrogen-bond donors (Lipinski definition) is 3. The first kappa shape index (κ1) is 22.8. The molecule has 146 valence electrons. The first-order valence-corrected chi connectivity index (χ1v) is 12.0. The summed E-state index contributed by atoms with van der Waals surface area (Å²) in [5.41, 5.74) is 5.70. The molecule has 1 aromatic heterocycles. The number of rotatable bonds is 9. The van der Waals surface area contributed by atoms with E-state index in [4.69, 9.17) is 5.73 Å². The highest BCUT2D eigenvalue weighted by Gasteiger charge is 2.30. The molecule has 0 amide bonds. The Morgan fingerprint density at radius 1 is 1.24 bits per heavy atom. The van der Waals surface area contributed by atoms with E-state index in [1.807, 2.05) is 0 Å². The second-order valence-corrected chi connectivity index (χ2v) is 11.1. The molecule has 2 atom stereocenters. The summed E-state index contributed by atoms with van der Waals surface area (Å²) in [6.07, 6.45) is 3.23. The lowest BCUT2D eigenvalue weighted by Gasteiger charge is -2.18. The molecule has 0 saturated heterocycles. The van der Waals surface area contributed by atoms with E-state index in [1.165, 1.54) is 11.3 Å². The van der Waals surface area contributed by atoms with Crippen LogP contribution >= 0.6 is 23.7 Å². The molecule has 7 nitrogen and oxygen atoms in total. The number of sulfonamides is 2. The van der Waals surface area contributed by atoms with E-state index in [9.17, 15) is 16.8 Å². The Hall–Kier alpha value is -0.230. The predicted molar refractivity (Wildman–Crippen MR) is 103 cm³/mol. The fourth-order valence-corrected chi connectivity index (χ4v) is 6.13. The number of thiophene rings is 1. The quantitative estimate of drug-likeness (QED) is 0.540. The maximum absolute atomic E-state index is 12.5. The van der Waals surface area contributed by atoms with Crippen LogP contribution in [0.1, 0.15) is 31.1 Å². The largest absolute Gasteiger partial charge is 0.330 e. The van der Waals surface area contributed by atoms with Crippen molar-refractivity contribution in [3.8, 4) is 0 Å². The van der Waals surface area contributed by atoms with Gasteiger partial charge in [0.05, 0.1) is 5.75 Å².